The second-order valence-corrected chi connectivity index (χ2v) is 6.80. The lowest BCUT2D eigenvalue weighted by Gasteiger charge is -2.26. The molecule has 1 aliphatic rings. The van der Waals surface area contributed by atoms with Crippen LogP contribution in [0.4, 0.5) is 14.9 Å². The van der Waals surface area contributed by atoms with E-state index in [1.54, 1.807) is 54.6 Å². The van der Waals surface area contributed by atoms with Crippen molar-refractivity contribution in [1.82, 2.24) is 5.32 Å². The minimum absolute atomic E-state index is 0.148. The zero-order chi connectivity index (χ0) is 21.1. The summed E-state index contributed by atoms with van der Waals surface area (Å²) >= 11 is 0. The number of halogens is 1. The molecule has 0 spiro atoms. The SMILES string of the molecule is O=C1NC(=O)N(c2ccccc2)C(=O)/C1=C/c1ccccc1Cc1cccc(F)c1. The van der Waals surface area contributed by atoms with Crippen LogP contribution in [-0.2, 0) is 16.0 Å². The lowest BCUT2D eigenvalue weighted by molar-refractivity contribution is -0.122. The lowest BCUT2D eigenvalue weighted by atomic mass is 9.97. The van der Waals surface area contributed by atoms with Crippen molar-refractivity contribution in [2.45, 2.75) is 6.42 Å². The molecule has 4 amide bonds. The highest BCUT2D eigenvalue weighted by molar-refractivity contribution is 6.39. The zero-order valence-electron chi connectivity index (χ0n) is 15.8. The number of amides is 4. The topological polar surface area (TPSA) is 66.5 Å². The minimum Gasteiger partial charge on any atom is -0.273 e. The normalized spacial score (nSPS) is 15.4. The summed E-state index contributed by atoms with van der Waals surface area (Å²) < 4.78 is 13.5. The van der Waals surface area contributed by atoms with E-state index in [4.69, 9.17) is 0 Å². The highest BCUT2D eigenvalue weighted by Crippen LogP contribution is 2.23. The minimum atomic E-state index is -0.790. The number of nitrogens with one attached hydrogen (secondary N) is 1. The van der Waals surface area contributed by atoms with Crippen molar-refractivity contribution in [3.05, 3.63) is 107 Å². The van der Waals surface area contributed by atoms with Gasteiger partial charge in [-0.2, -0.15) is 0 Å². The van der Waals surface area contributed by atoms with Gasteiger partial charge in [-0.3, -0.25) is 14.9 Å². The Morgan fingerprint density at radius 3 is 2.37 bits per heavy atom. The maximum Gasteiger partial charge on any atom is 0.335 e. The fourth-order valence-corrected chi connectivity index (χ4v) is 3.33. The molecule has 1 fully saturated rings. The lowest BCUT2D eigenvalue weighted by Crippen LogP contribution is -2.54. The molecule has 0 atom stereocenters. The van der Waals surface area contributed by atoms with Gasteiger partial charge in [0.15, 0.2) is 0 Å². The van der Waals surface area contributed by atoms with Crippen LogP contribution < -0.4 is 10.2 Å². The summed E-state index contributed by atoms with van der Waals surface area (Å²) in [7, 11) is 0. The van der Waals surface area contributed by atoms with Crippen LogP contribution in [0.5, 0.6) is 0 Å². The van der Waals surface area contributed by atoms with Crippen LogP contribution in [0.25, 0.3) is 6.08 Å². The van der Waals surface area contributed by atoms with Gasteiger partial charge in [-0.25, -0.2) is 14.1 Å². The number of anilines is 1. The first-order chi connectivity index (χ1) is 14.5. The maximum atomic E-state index is 13.5. The summed E-state index contributed by atoms with van der Waals surface area (Å²) in [5.41, 5.74) is 2.44. The fourth-order valence-electron chi connectivity index (χ4n) is 3.33. The average molecular weight is 400 g/mol. The van der Waals surface area contributed by atoms with Gasteiger partial charge in [0.2, 0.25) is 0 Å². The second-order valence-electron chi connectivity index (χ2n) is 6.80. The highest BCUT2D eigenvalue weighted by Gasteiger charge is 2.36. The van der Waals surface area contributed by atoms with Gasteiger partial charge >= 0.3 is 6.03 Å². The maximum absolute atomic E-state index is 13.5. The van der Waals surface area contributed by atoms with Crippen molar-refractivity contribution in [1.29, 1.82) is 0 Å². The quantitative estimate of drug-likeness (QED) is 0.530. The summed E-state index contributed by atoms with van der Waals surface area (Å²) in [4.78, 5) is 38.6. The third kappa shape index (κ3) is 3.89. The first-order valence-corrected chi connectivity index (χ1v) is 9.32. The van der Waals surface area contributed by atoms with E-state index in [2.05, 4.69) is 5.32 Å². The van der Waals surface area contributed by atoms with Gasteiger partial charge in [-0.1, -0.05) is 54.6 Å². The summed E-state index contributed by atoms with van der Waals surface area (Å²) in [6.45, 7) is 0. The van der Waals surface area contributed by atoms with Crippen molar-refractivity contribution < 1.29 is 18.8 Å². The van der Waals surface area contributed by atoms with Gasteiger partial charge in [0.1, 0.15) is 11.4 Å². The van der Waals surface area contributed by atoms with E-state index in [1.807, 2.05) is 12.1 Å². The van der Waals surface area contributed by atoms with Crippen LogP contribution in [0.3, 0.4) is 0 Å². The number of urea groups is 1. The van der Waals surface area contributed by atoms with Crippen molar-refractivity contribution in [3.63, 3.8) is 0 Å². The molecular weight excluding hydrogens is 383 g/mol. The Morgan fingerprint density at radius 1 is 0.867 bits per heavy atom. The third-order valence-corrected chi connectivity index (χ3v) is 4.75. The summed E-state index contributed by atoms with van der Waals surface area (Å²) in [5.74, 6) is -1.78. The molecule has 0 bridgehead atoms. The number of hydrogen-bond donors (Lipinski definition) is 1. The van der Waals surface area contributed by atoms with Crippen molar-refractivity contribution in [3.8, 4) is 0 Å². The second kappa shape index (κ2) is 8.13. The van der Waals surface area contributed by atoms with Gasteiger partial charge in [0.05, 0.1) is 5.69 Å². The Balaban J connectivity index is 1.71. The average Bonchev–Trinajstić information content (AvgIpc) is 2.73. The molecule has 3 aromatic carbocycles. The Morgan fingerprint density at radius 2 is 1.60 bits per heavy atom. The molecule has 1 heterocycles. The summed E-state index contributed by atoms with van der Waals surface area (Å²) in [5, 5.41) is 2.21. The molecule has 0 radical (unpaired) electrons. The zero-order valence-corrected chi connectivity index (χ0v) is 15.8. The number of para-hydroxylation sites is 1. The Kier molecular flexibility index (Phi) is 5.22. The molecule has 0 unspecified atom stereocenters. The number of carbonyl (C=O) groups excluding carboxylic acids is 3. The molecule has 3 aromatic rings. The van der Waals surface area contributed by atoms with E-state index < -0.39 is 17.8 Å². The van der Waals surface area contributed by atoms with Gasteiger partial charge in [-0.05, 0) is 53.5 Å². The number of carbonyl (C=O) groups is 3. The number of benzene rings is 3. The van der Waals surface area contributed by atoms with Crippen LogP contribution in [0, 0.1) is 5.82 Å². The first-order valence-electron chi connectivity index (χ1n) is 9.32. The molecule has 0 aromatic heterocycles. The van der Waals surface area contributed by atoms with E-state index in [-0.39, 0.29) is 11.4 Å². The van der Waals surface area contributed by atoms with Crippen molar-refractivity contribution in [2.75, 3.05) is 4.90 Å². The smallest absolute Gasteiger partial charge is 0.273 e. The monoisotopic (exact) mass is 400 g/mol. The predicted octanol–water partition coefficient (Wildman–Crippen LogP) is 4.08. The largest absolute Gasteiger partial charge is 0.335 e. The van der Waals surface area contributed by atoms with Gasteiger partial charge in [-0.15, -0.1) is 0 Å². The molecule has 6 heteroatoms. The van der Waals surface area contributed by atoms with E-state index in [9.17, 15) is 18.8 Å². The molecule has 0 saturated carbocycles. The van der Waals surface area contributed by atoms with Crippen LogP contribution in [0.2, 0.25) is 0 Å². The van der Waals surface area contributed by atoms with E-state index >= 15 is 0 Å². The van der Waals surface area contributed by atoms with Crippen molar-refractivity contribution in [2.24, 2.45) is 0 Å². The molecule has 1 N–H and O–H groups in total. The first kappa shape index (κ1) is 19.3. The Bertz CT molecular complexity index is 1170. The van der Waals surface area contributed by atoms with E-state index in [0.717, 1.165) is 16.0 Å². The van der Waals surface area contributed by atoms with E-state index in [1.165, 1.54) is 18.2 Å². The number of barbiturate groups is 1. The summed E-state index contributed by atoms with van der Waals surface area (Å²) in [6, 6.07) is 21.1. The molecule has 1 aliphatic heterocycles. The number of nitrogens with zero attached hydrogens (tertiary/aromatic N) is 1. The molecule has 4 rings (SSSR count). The summed E-state index contributed by atoms with van der Waals surface area (Å²) in [6.07, 6.45) is 1.89. The highest BCUT2D eigenvalue weighted by atomic mass is 19.1. The number of imide groups is 2. The molecule has 148 valence electrons. The van der Waals surface area contributed by atoms with Gasteiger partial charge < -0.3 is 0 Å². The van der Waals surface area contributed by atoms with Gasteiger partial charge in [0.25, 0.3) is 11.8 Å². The fraction of sp³-hybridized carbons (Fsp3) is 0.0417. The van der Waals surface area contributed by atoms with Gasteiger partial charge in [0, 0.05) is 0 Å². The van der Waals surface area contributed by atoms with E-state index in [0.29, 0.717) is 17.7 Å². The standard InChI is InChI=1S/C24H17FN2O3/c25-19-10-6-7-16(14-19)13-17-8-4-5-9-18(17)15-21-22(28)26-24(30)27(23(21)29)20-11-2-1-3-12-20/h1-12,14-15H,13H2,(H,26,28,30)/b21-15+. The molecule has 5 nitrogen and oxygen atoms in total. The third-order valence-electron chi connectivity index (χ3n) is 4.75. The van der Waals surface area contributed by atoms with Crippen LogP contribution in [0.1, 0.15) is 16.7 Å². The molecule has 0 aliphatic carbocycles. The Labute approximate surface area is 172 Å². The Hall–Kier alpha value is -4.06. The molecule has 30 heavy (non-hydrogen) atoms. The number of hydrogen-bond acceptors (Lipinski definition) is 3. The predicted molar refractivity (Wildman–Crippen MR) is 111 cm³/mol. The van der Waals surface area contributed by atoms with Crippen molar-refractivity contribution >= 4 is 29.6 Å². The van der Waals surface area contributed by atoms with Crippen LogP contribution >= 0.6 is 0 Å². The van der Waals surface area contributed by atoms with Crippen LogP contribution in [0.15, 0.2) is 84.4 Å². The molecule has 1 saturated heterocycles. The number of rotatable bonds is 4. The molecular formula is C24H17FN2O3. The van der Waals surface area contributed by atoms with Crippen LogP contribution in [-0.4, -0.2) is 17.8 Å².